The van der Waals surface area contributed by atoms with Crippen molar-refractivity contribution in [3.63, 3.8) is 0 Å². The first-order valence-corrected chi connectivity index (χ1v) is 5.90. The third-order valence-corrected chi connectivity index (χ3v) is 3.46. The van der Waals surface area contributed by atoms with Crippen LogP contribution in [0.15, 0.2) is 36.5 Å². The van der Waals surface area contributed by atoms with Gasteiger partial charge in [-0.25, -0.2) is 0 Å². The van der Waals surface area contributed by atoms with Gasteiger partial charge in [-0.1, -0.05) is 12.1 Å². The van der Waals surface area contributed by atoms with Crippen LogP contribution < -0.4 is 5.73 Å². The number of benzene rings is 1. The number of rotatable bonds is 2. The van der Waals surface area contributed by atoms with E-state index in [4.69, 9.17) is 5.73 Å². The number of fused-ring (bicyclic) bond motifs is 1. The molecule has 0 atom stereocenters. The van der Waals surface area contributed by atoms with Crippen LogP contribution in [0.4, 0.5) is 0 Å². The summed E-state index contributed by atoms with van der Waals surface area (Å²) in [5.74, 6) is 0.795. The van der Waals surface area contributed by atoms with Gasteiger partial charge in [-0.15, -0.1) is 0 Å². The van der Waals surface area contributed by atoms with E-state index in [0.29, 0.717) is 6.04 Å². The molecule has 1 heterocycles. The molecule has 1 aliphatic rings. The fourth-order valence-electron chi connectivity index (χ4n) is 2.54. The predicted octanol–water partition coefficient (Wildman–Crippen LogP) is 2.51. The third kappa shape index (κ3) is 1.81. The molecule has 2 aromatic rings. The zero-order valence-electron chi connectivity index (χ0n) is 9.26. The molecule has 0 unspecified atom stereocenters. The molecule has 2 heteroatoms. The normalized spacial score (nSPS) is 24.3. The highest BCUT2D eigenvalue weighted by molar-refractivity contribution is 5.78. The largest absolute Gasteiger partial charge is 0.328 e. The molecule has 0 saturated heterocycles. The van der Waals surface area contributed by atoms with E-state index in [1.54, 1.807) is 0 Å². The van der Waals surface area contributed by atoms with Gasteiger partial charge in [0.15, 0.2) is 0 Å². The first-order chi connectivity index (χ1) is 7.81. The molecule has 2 N–H and O–H groups in total. The van der Waals surface area contributed by atoms with Crippen molar-refractivity contribution in [2.45, 2.75) is 25.3 Å². The van der Waals surface area contributed by atoms with Gasteiger partial charge in [-0.05, 0) is 48.9 Å². The molecule has 1 aromatic carbocycles. The number of pyridine rings is 1. The molecule has 16 heavy (non-hydrogen) atoms. The van der Waals surface area contributed by atoms with Crippen molar-refractivity contribution in [3.8, 4) is 0 Å². The fraction of sp³-hybridized carbons (Fsp3) is 0.357. The second kappa shape index (κ2) is 3.87. The quantitative estimate of drug-likeness (QED) is 0.830. The summed E-state index contributed by atoms with van der Waals surface area (Å²) in [6.07, 6.45) is 5.38. The van der Waals surface area contributed by atoms with Crippen LogP contribution in [-0.2, 0) is 6.42 Å². The van der Waals surface area contributed by atoms with Crippen molar-refractivity contribution in [2.75, 3.05) is 0 Å². The summed E-state index contributed by atoms with van der Waals surface area (Å²) in [4.78, 5) is 4.33. The maximum Gasteiger partial charge on any atom is 0.0702 e. The monoisotopic (exact) mass is 212 g/mol. The van der Waals surface area contributed by atoms with Gasteiger partial charge in [0.05, 0.1) is 5.52 Å². The smallest absolute Gasteiger partial charge is 0.0702 e. The van der Waals surface area contributed by atoms with E-state index in [1.165, 1.54) is 30.2 Å². The summed E-state index contributed by atoms with van der Waals surface area (Å²) >= 11 is 0. The van der Waals surface area contributed by atoms with E-state index in [-0.39, 0.29) is 0 Å². The van der Waals surface area contributed by atoms with E-state index in [9.17, 15) is 0 Å². The first-order valence-electron chi connectivity index (χ1n) is 5.90. The predicted molar refractivity (Wildman–Crippen MR) is 66.1 cm³/mol. The molecular formula is C14H16N2. The van der Waals surface area contributed by atoms with Crippen LogP contribution in [-0.4, -0.2) is 11.0 Å². The van der Waals surface area contributed by atoms with Gasteiger partial charge in [0.1, 0.15) is 0 Å². The molecule has 1 fully saturated rings. The average molecular weight is 212 g/mol. The topological polar surface area (TPSA) is 38.9 Å². The molecule has 1 aliphatic carbocycles. The van der Waals surface area contributed by atoms with Gasteiger partial charge in [0.2, 0.25) is 0 Å². The summed E-state index contributed by atoms with van der Waals surface area (Å²) in [7, 11) is 0. The summed E-state index contributed by atoms with van der Waals surface area (Å²) < 4.78 is 0. The number of hydrogen-bond acceptors (Lipinski definition) is 2. The van der Waals surface area contributed by atoms with Crippen molar-refractivity contribution in [2.24, 2.45) is 11.7 Å². The highest BCUT2D eigenvalue weighted by Crippen LogP contribution is 2.29. The zero-order chi connectivity index (χ0) is 11.0. The molecule has 1 aromatic heterocycles. The Morgan fingerprint density at radius 3 is 2.94 bits per heavy atom. The summed E-state index contributed by atoms with van der Waals surface area (Å²) in [6.45, 7) is 0. The SMILES string of the molecule is NC1CC(Cc2ccc3ncccc3c2)C1. The van der Waals surface area contributed by atoms with Crippen LogP contribution in [0.25, 0.3) is 10.9 Å². The molecule has 3 rings (SSSR count). The molecule has 1 saturated carbocycles. The highest BCUT2D eigenvalue weighted by atomic mass is 14.7. The summed E-state index contributed by atoms with van der Waals surface area (Å²) in [5, 5.41) is 1.24. The number of nitrogens with two attached hydrogens (primary N) is 1. The van der Waals surface area contributed by atoms with E-state index >= 15 is 0 Å². The van der Waals surface area contributed by atoms with Crippen LogP contribution in [0.3, 0.4) is 0 Å². The van der Waals surface area contributed by atoms with Crippen LogP contribution >= 0.6 is 0 Å². The Kier molecular flexibility index (Phi) is 2.37. The van der Waals surface area contributed by atoms with Gasteiger partial charge in [-0.3, -0.25) is 4.98 Å². The van der Waals surface area contributed by atoms with Gasteiger partial charge >= 0.3 is 0 Å². The second-order valence-corrected chi connectivity index (χ2v) is 4.83. The van der Waals surface area contributed by atoms with E-state index in [0.717, 1.165) is 11.4 Å². The standard InChI is InChI=1S/C14H16N2/c15-13-8-11(9-13)6-10-3-4-14-12(7-10)2-1-5-16-14/h1-5,7,11,13H,6,8-9,15H2. The summed E-state index contributed by atoms with van der Waals surface area (Å²) in [5.41, 5.74) is 8.30. The molecule has 0 spiro atoms. The average Bonchev–Trinajstić information content (AvgIpc) is 2.27. The van der Waals surface area contributed by atoms with Gasteiger partial charge in [0, 0.05) is 17.6 Å². The lowest BCUT2D eigenvalue weighted by Crippen LogP contribution is -2.37. The Labute approximate surface area is 95.5 Å². The van der Waals surface area contributed by atoms with Gasteiger partial charge in [-0.2, -0.15) is 0 Å². The molecule has 0 radical (unpaired) electrons. The van der Waals surface area contributed by atoms with E-state index < -0.39 is 0 Å². The fourth-order valence-corrected chi connectivity index (χ4v) is 2.54. The highest BCUT2D eigenvalue weighted by Gasteiger charge is 2.25. The first kappa shape index (κ1) is 9.79. The van der Waals surface area contributed by atoms with Crippen molar-refractivity contribution in [3.05, 3.63) is 42.1 Å². The maximum absolute atomic E-state index is 5.80. The minimum Gasteiger partial charge on any atom is -0.328 e. The molecule has 2 nitrogen and oxygen atoms in total. The zero-order valence-corrected chi connectivity index (χ0v) is 9.26. The lowest BCUT2D eigenvalue weighted by molar-refractivity contribution is 0.264. The van der Waals surface area contributed by atoms with E-state index in [1.807, 2.05) is 12.3 Å². The van der Waals surface area contributed by atoms with Gasteiger partial charge < -0.3 is 5.73 Å². The summed E-state index contributed by atoms with van der Waals surface area (Å²) in [6, 6.07) is 11.1. The van der Waals surface area contributed by atoms with Gasteiger partial charge in [0.25, 0.3) is 0 Å². The Hall–Kier alpha value is -1.41. The van der Waals surface area contributed by atoms with E-state index in [2.05, 4.69) is 29.2 Å². The lowest BCUT2D eigenvalue weighted by Gasteiger charge is -2.32. The molecule has 0 amide bonds. The number of nitrogens with zero attached hydrogens (tertiary/aromatic N) is 1. The van der Waals surface area contributed by atoms with Crippen LogP contribution in [0, 0.1) is 5.92 Å². The van der Waals surface area contributed by atoms with Crippen molar-refractivity contribution in [1.82, 2.24) is 4.98 Å². The second-order valence-electron chi connectivity index (χ2n) is 4.83. The Morgan fingerprint density at radius 1 is 1.25 bits per heavy atom. The van der Waals surface area contributed by atoms with Crippen molar-refractivity contribution < 1.29 is 0 Å². The number of hydrogen-bond donors (Lipinski definition) is 1. The lowest BCUT2D eigenvalue weighted by atomic mass is 9.77. The maximum atomic E-state index is 5.80. The Morgan fingerprint density at radius 2 is 2.12 bits per heavy atom. The minimum atomic E-state index is 0.451. The van der Waals surface area contributed by atoms with Crippen molar-refractivity contribution >= 4 is 10.9 Å². The van der Waals surface area contributed by atoms with Crippen LogP contribution in [0.2, 0.25) is 0 Å². The molecule has 0 bridgehead atoms. The molecule has 0 aliphatic heterocycles. The molecular weight excluding hydrogens is 196 g/mol. The molecule has 82 valence electrons. The Balaban J connectivity index is 1.82. The van der Waals surface area contributed by atoms with Crippen LogP contribution in [0.1, 0.15) is 18.4 Å². The van der Waals surface area contributed by atoms with Crippen LogP contribution in [0.5, 0.6) is 0 Å². The number of aromatic nitrogens is 1. The Bertz CT molecular complexity index is 501. The third-order valence-electron chi connectivity index (χ3n) is 3.46. The van der Waals surface area contributed by atoms with Crippen molar-refractivity contribution in [1.29, 1.82) is 0 Å². The minimum absolute atomic E-state index is 0.451.